The lowest BCUT2D eigenvalue weighted by molar-refractivity contribution is 0.362. The Labute approximate surface area is 191 Å². The maximum absolute atomic E-state index is 9.72. The molecular weight excluding hydrogens is 400 g/mol. The van der Waals surface area contributed by atoms with Crippen LogP contribution in [0.4, 0.5) is 11.8 Å². The Morgan fingerprint density at radius 1 is 1.12 bits per heavy atom. The van der Waals surface area contributed by atoms with Crippen molar-refractivity contribution in [3.05, 3.63) is 41.9 Å². The highest BCUT2D eigenvalue weighted by molar-refractivity contribution is 5.73. The maximum Gasteiger partial charge on any atom is 0.224 e. The molecule has 1 atom stereocenters. The number of anilines is 2. The van der Waals surface area contributed by atoms with E-state index < -0.39 is 0 Å². The summed E-state index contributed by atoms with van der Waals surface area (Å²) < 4.78 is 0. The number of nitrogens with zero attached hydrogens (tertiary/aromatic N) is 3. The van der Waals surface area contributed by atoms with Gasteiger partial charge in [0.25, 0.3) is 0 Å². The van der Waals surface area contributed by atoms with Crippen molar-refractivity contribution in [3.63, 3.8) is 0 Å². The van der Waals surface area contributed by atoms with Gasteiger partial charge in [-0.15, -0.1) is 0 Å². The smallest absolute Gasteiger partial charge is 0.224 e. The van der Waals surface area contributed by atoms with Crippen molar-refractivity contribution in [3.8, 4) is 11.3 Å². The molecule has 0 spiro atoms. The van der Waals surface area contributed by atoms with Gasteiger partial charge in [-0.2, -0.15) is 4.98 Å². The molecule has 0 bridgehead atoms. The molecule has 1 fully saturated rings. The third-order valence-corrected chi connectivity index (χ3v) is 6.41. The number of aliphatic hydroxyl groups excluding tert-OH is 1. The van der Waals surface area contributed by atoms with Crippen LogP contribution < -0.4 is 16.0 Å². The van der Waals surface area contributed by atoms with Gasteiger partial charge in [-0.3, -0.25) is 4.98 Å². The minimum Gasteiger partial charge on any atom is -0.513 e. The molecule has 0 amide bonds. The number of nitrogens with one attached hydrogen (secondary N) is 3. The van der Waals surface area contributed by atoms with Gasteiger partial charge in [0.1, 0.15) is 5.82 Å². The van der Waals surface area contributed by atoms with E-state index in [1.807, 2.05) is 18.5 Å². The quantitative estimate of drug-likeness (QED) is 0.423. The molecule has 0 radical (unpaired) electrons. The fraction of sp³-hybridized carbons (Fsp3) is 0.560. The molecule has 0 saturated carbocycles. The minimum absolute atomic E-state index is 0.238. The number of aromatic nitrogens is 3. The van der Waals surface area contributed by atoms with Crippen molar-refractivity contribution in [2.24, 2.45) is 5.92 Å². The third-order valence-electron chi connectivity index (χ3n) is 6.41. The highest BCUT2D eigenvalue weighted by atomic mass is 16.3. The number of unbranched alkanes of at least 4 members (excludes halogenated alkanes) is 1. The van der Waals surface area contributed by atoms with Crippen LogP contribution in [0.15, 0.2) is 36.4 Å². The van der Waals surface area contributed by atoms with Gasteiger partial charge in [0.2, 0.25) is 5.95 Å². The molecule has 2 aromatic heterocycles. The average molecular weight is 437 g/mol. The second-order valence-electron chi connectivity index (χ2n) is 9.00. The second kappa shape index (κ2) is 11.3. The number of aliphatic hydroxyl groups is 1. The molecule has 32 heavy (non-hydrogen) atoms. The predicted molar refractivity (Wildman–Crippen MR) is 130 cm³/mol. The van der Waals surface area contributed by atoms with Crippen LogP contribution in [-0.2, 0) is 6.42 Å². The van der Waals surface area contributed by atoms with E-state index in [0.29, 0.717) is 18.1 Å². The van der Waals surface area contributed by atoms with Crippen molar-refractivity contribution in [2.45, 2.75) is 64.3 Å². The summed E-state index contributed by atoms with van der Waals surface area (Å²) in [6, 6.07) is 4.53. The Balaban J connectivity index is 1.51. The van der Waals surface area contributed by atoms with Crippen LogP contribution in [-0.4, -0.2) is 45.7 Å². The predicted octanol–water partition coefficient (Wildman–Crippen LogP) is 4.70. The summed E-state index contributed by atoms with van der Waals surface area (Å²) in [5, 5.41) is 20.1. The first kappa shape index (κ1) is 22.5. The van der Waals surface area contributed by atoms with Crippen molar-refractivity contribution in [1.82, 2.24) is 20.3 Å². The lowest BCUT2D eigenvalue weighted by Gasteiger charge is -2.23. The molecule has 4 rings (SSSR count). The zero-order chi connectivity index (χ0) is 22.2. The highest BCUT2D eigenvalue weighted by Crippen LogP contribution is 2.29. The number of allylic oxidation sites excluding steroid dienone is 1. The van der Waals surface area contributed by atoms with Gasteiger partial charge in [-0.25, -0.2) is 4.98 Å². The normalized spacial score (nSPS) is 19.4. The minimum atomic E-state index is 0.238. The highest BCUT2D eigenvalue weighted by Gasteiger charge is 2.19. The topological polar surface area (TPSA) is 95.0 Å². The number of hydrogen-bond acceptors (Lipinski definition) is 7. The SMILES string of the molecule is CCCCNc1ncc(-c2ccc(CC3CCNCC3)cn2)c(N[C@H]2CC=C(O)CC2)n1. The van der Waals surface area contributed by atoms with E-state index in [2.05, 4.69) is 40.0 Å². The first-order chi connectivity index (χ1) is 15.7. The standard InChI is InChI=1S/C25H36N6O/c1-2-3-12-27-25-29-17-22(24(31-25)30-20-5-7-21(32)8-6-20)23-9-4-19(16-28-23)15-18-10-13-26-14-11-18/h4,7,9,16-18,20,26,32H,2-3,5-6,8,10-15H2,1H3,(H2,27,29,30,31)/t20-/m0/s1. The summed E-state index contributed by atoms with van der Waals surface area (Å²) >= 11 is 0. The van der Waals surface area contributed by atoms with Gasteiger partial charge in [-0.1, -0.05) is 19.4 Å². The van der Waals surface area contributed by atoms with Crippen LogP contribution >= 0.6 is 0 Å². The molecule has 1 aliphatic heterocycles. The Morgan fingerprint density at radius 2 is 2.00 bits per heavy atom. The van der Waals surface area contributed by atoms with Gasteiger partial charge < -0.3 is 21.1 Å². The van der Waals surface area contributed by atoms with Gasteiger partial charge >= 0.3 is 0 Å². The zero-order valence-corrected chi connectivity index (χ0v) is 19.1. The van der Waals surface area contributed by atoms with Gasteiger partial charge in [0.05, 0.1) is 17.0 Å². The van der Waals surface area contributed by atoms with E-state index in [9.17, 15) is 5.11 Å². The maximum atomic E-state index is 9.72. The van der Waals surface area contributed by atoms with E-state index in [1.165, 1.54) is 18.4 Å². The Morgan fingerprint density at radius 3 is 2.72 bits per heavy atom. The fourth-order valence-electron chi connectivity index (χ4n) is 4.41. The van der Waals surface area contributed by atoms with Gasteiger partial charge in [0, 0.05) is 31.4 Å². The Hall–Kier alpha value is -2.67. The zero-order valence-electron chi connectivity index (χ0n) is 19.1. The fourth-order valence-corrected chi connectivity index (χ4v) is 4.41. The van der Waals surface area contributed by atoms with Crippen molar-refractivity contribution >= 4 is 11.8 Å². The van der Waals surface area contributed by atoms with E-state index in [0.717, 1.165) is 74.7 Å². The molecule has 1 aliphatic carbocycles. The monoisotopic (exact) mass is 436 g/mol. The first-order valence-corrected chi connectivity index (χ1v) is 12.1. The number of piperidine rings is 1. The average Bonchev–Trinajstić information content (AvgIpc) is 2.82. The van der Waals surface area contributed by atoms with Crippen LogP contribution in [0.1, 0.15) is 57.4 Å². The lowest BCUT2D eigenvalue weighted by Crippen LogP contribution is -2.28. The van der Waals surface area contributed by atoms with Gasteiger partial charge in [-0.05, 0) is 75.2 Å². The van der Waals surface area contributed by atoms with Crippen LogP contribution in [0.5, 0.6) is 0 Å². The van der Waals surface area contributed by atoms with E-state index in [4.69, 9.17) is 9.97 Å². The summed E-state index contributed by atoms with van der Waals surface area (Å²) in [6.45, 7) is 5.27. The van der Waals surface area contributed by atoms with E-state index in [-0.39, 0.29) is 6.04 Å². The molecule has 4 N–H and O–H groups in total. The molecular formula is C25H36N6O. The van der Waals surface area contributed by atoms with E-state index >= 15 is 0 Å². The van der Waals surface area contributed by atoms with Crippen LogP contribution in [0.2, 0.25) is 0 Å². The molecule has 172 valence electrons. The molecule has 0 aromatic carbocycles. The van der Waals surface area contributed by atoms with Crippen LogP contribution in [0, 0.1) is 5.92 Å². The largest absolute Gasteiger partial charge is 0.513 e. The molecule has 7 nitrogen and oxygen atoms in total. The van der Waals surface area contributed by atoms with Crippen molar-refractivity contribution in [1.29, 1.82) is 0 Å². The summed E-state index contributed by atoms with van der Waals surface area (Å²) in [6.07, 6.45) is 13.9. The van der Waals surface area contributed by atoms with Crippen LogP contribution in [0.3, 0.4) is 0 Å². The summed E-state index contributed by atoms with van der Waals surface area (Å²) in [5.41, 5.74) is 3.09. The summed E-state index contributed by atoms with van der Waals surface area (Å²) in [7, 11) is 0. The Bertz CT molecular complexity index is 892. The molecule has 2 aliphatic rings. The van der Waals surface area contributed by atoms with E-state index in [1.54, 1.807) is 0 Å². The lowest BCUT2D eigenvalue weighted by atomic mass is 9.91. The van der Waals surface area contributed by atoms with Crippen molar-refractivity contribution in [2.75, 3.05) is 30.3 Å². The molecule has 2 aromatic rings. The summed E-state index contributed by atoms with van der Waals surface area (Å²) in [4.78, 5) is 14.1. The van der Waals surface area contributed by atoms with Crippen LogP contribution in [0.25, 0.3) is 11.3 Å². The first-order valence-electron chi connectivity index (χ1n) is 12.1. The molecule has 0 unspecified atom stereocenters. The number of pyridine rings is 1. The van der Waals surface area contributed by atoms with Gasteiger partial charge in [0.15, 0.2) is 0 Å². The third kappa shape index (κ3) is 6.19. The summed E-state index contributed by atoms with van der Waals surface area (Å²) in [5.74, 6) is 2.67. The molecule has 1 saturated heterocycles. The molecule has 3 heterocycles. The molecule has 7 heteroatoms. The van der Waals surface area contributed by atoms with Crippen molar-refractivity contribution < 1.29 is 5.11 Å². The Kier molecular flexibility index (Phi) is 7.93. The second-order valence-corrected chi connectivity index (χ2v) is 9.00. The number of rotatable bonds is 9. The number of hydrogen-bond donors (Lipinski definition) is 4.